The van der Waals surface area contributed by atoms with Crippen LogP contribution in [0.2, 0.25) is 0 Å². The van der Waals surface area contributed by atoms with Crippen LogP contribution in [-0.4, -0.2) is 41.7 Å². The number of nitrogen functional groups attached to an aromatic ring is 1. The Morgan fingerprint density at radius 1 is 1.52 bits per heavy atom. The van der Waals surface area contributed by atoms with Crippen molar-refractivity contribution >= 4 is 27.4 Å². The summed E-state index contributed by atoms with van der Waals surface area (Å²) in [7, 11) is 2.10. The first-order valence-corrected chi connectivity index (χ1v) is 8.11. The van der Waals surface area contributed by atoms with E-state index in [0.29, 0.717) is 11.7 Å². The first-order chi connectivity index (χ1) is 10.3. The van der Waals surface area contributed by atoms with Crippen LogP contribution in [0.15, 0.2) is 11.4 Å². The summed E-state index contributed by atoms with van der Waals surface area (Å²) in [5.41, 5.74) is 2.67. The Morgan fingerprint density at radius 2 is 2.43 bits per heavy atom. The van der Waals surface area contributed by atoms with Crippen LogP contribution >= 0.6 is 11.3 Å². The normalized spacial score (nSPS) is 19.3. The highest BCUT2D eigenvalue weighted by atomic mass is 32.1. The third-order valence-electron chi connectivity index (χ3n) is 3.74. The second-order valence-corrected chi connectivity index (χ2v) is 6.45. The first-order valence-electron chi connectivity index (χ1n) is 7.23. The molecule has 0 saturated carbocycles. The number of anilines is 1. The predicted octanol–water partition coefficient (Wildman–Crippen LogP) is 1.84. The highest BCUT2D eigenvalue weighted by Crippen LogP contribution is 2.24. The number of hydrazine groups is 1. The van der Waals surface area contributed by atoms with Gasteiger partial charge in [0, 0.05) is 13.2 Å². The third kappa shape index (κ3) is 3.49. The van der Waals surface area contributed by atoms with Gasteiger partial charge in [-0.05, 0) is 37.3 Å². The van der Waals surface area contributed by atoms with Crippen molar-refractivity contribution in [2.24, 2.45) is 11.8 Å². The molecule has 3 heterocycles. The molecule has 1 aliphatic heterocycles. The van der Waals surface area contributed by atoms with E-state index in [0.717, 1.165) is 48.8 Å². The van der Waals surface area contributed by atoms with Crippen molar-refractivity contribution in [1.29, 1.82) is 0 Å². The number of thiophene rings is 1. The van der Waals surface area contributed by atoms with E-state index in [4.69, 9.17) is 10.6 Å². The van der Waals surface area contributed by atoms with Gasteiger partial charge in [0.25, 0.3) is 0 Å². The van der Waals surface area contributed by atoms with Crippen molar-refractivity contribution in [1.82, 2.24) is 14.9 Å². The quantitative estimate of drug-likeness (QED) is 0.648. The molecule has 2 aromatic heterocycles. The molecule has 0 spiro atoms. The molecule has 114 valence electrons. The molecule has 1 fully saturated rings. The van der Waals surface area contributed by atoms with Gasteiger partial charge in [-0.2, -0.15) is 0 Å². The van der Waals surface area contributed by atoms with Gasteiger partial charge in [-0.15, -0.1) is 11.3 Å². The van der Waals surface area contributed by atoms with Crippen molar-refractivity contribution in [3.63, 3.8) is 0 Å². The summed E-state index contributed by atoms with van der Waals surface area (Å²) in [4.78, 5) is 12.4. The summed E-state index contributed by atoms with van der Waals surface area (Å²) < 4.78 is 5.53. The van der Waals surface area contributed by atoms with Crippen LogP contribution in [0.25, 0.3) is 10.2 Å². The van der Waals surface area contributed by atoms with Gasteiger partial charge in [0.05, 0.1) is 18.5 Å². The maximum atomic E-state index is 5.56. The molecule has 1 aliphatic rings. The number of hydrogen-bond donors (Lipinski definition) is 2. The average Bonchev–Trinajstić information content (AvgIpc) is 2.95. The molecule has 1 atom stereocenters. The molecule has 0 aliphatic carbocycles. The fourth-order valence-corrected chi connectivity index (χ4v) is 3.56. The summed E-state index contributed by atoms with van der Waals surface area (Å²) in [5, 5.41) is 2.99. The van der Waals surface area contributed by atoms with Crippen LogP contribution in [-0.2, 0) is 11.3 Å². The number of hydrogen-bond acceptors (Lipinski definition) is 7. The summed E-state index contributed by atoms with van der Waals surface area (Å²) in [5.74, 6) is 7.67. The first kappa shape index (κ1) is 14.6. The Balaban J connectivity index is 1.68. The maximum absolute atomic E-state index is 5.56. The number of nitrogens with zero attached hydrogens (tertiary/aromatic N) is 3. The van der Waals surface area contributed by atoms with Gasteiger partial charge in [-0.25, -0.2) is 15.8 Å². The lowest BCUT2D eigenvalue weighted by molar-refractivity contribution is 0.0409. The van der Waals surface area contributed by atoms with Crippen molar-refractivity contribution in [3.05, 3.63) is 17.3 Å². The standard InChI is InChI=1S/C14H21N5OS/c1-19(7-10-3-2-5-20-9-10)8-12-16-13(18-15)11-4-6-21-14(11)17-12/h4,6,10H,2-3,5,7-9,15H2,1H3,(H,16,17,18). The number of rotatable bonds is 5. The summed E-state index contributed by atoms with van der Waals surface area (Å²) in [6, 6.07) is 1.99. The van der Waals surface area contributed by atoms with Crippen molar-refractivity contribution in [2.75, 3.05) is 32.2 Å². The summed E-state index contributed by atoms with van der Waals surface area (Å²) in [6.07, 6.45) is 2.40. The Kier molecular flexibility index (Phi) is 4.64. The highest BCUT2D eigenvalue weighted by Gasteiger charge is 2.17. The Hall–Kier alpha value is -1.28. The zero-order valence-electron chi connectivity index (χ0n) is 12.2. The van der Waals surface area contributed by atoms with Gasteiger partial charge in [-0.3, -0.25) is 4.90 Å². The van der Waals surface area contributed by atoms with Crippen LogP contribution in [0, 0.1) is 5.92 Å². The zero-order chi connectivity index (χ0) is 14.7. The minimum absolute atomic E-state index is 0.612. The van der Waals surface area contributed by atoms with Gasteiger partial charge in [0.15, 0.2) is 5.82 Å². The Labute approximate surface area is 128 Å². The van der Waals surface area contributed by atoms with E-state index >= 15 is 0 Å². The molecule has 0 bridgehead atoms. The van der Waals surface area contributed by atoms with Crippen LogP contribution in [0.4, 0.5) is 5.82 Å². The molecule has 0 aromatic carbocycles. The lowest BCUT2D eigenvalue weighted by atomic mass is 10.0. The summed E-state index contributed by atoms with van der Waals surface area (Å²) >= 11 is 1.61. The van der Waals surface area contributed by atoms with Crippen molar-refractivity contribution in [3.8, 4) is 0 Å². The minimum atomic E-state index is 0.612. The van der Waals surface area contributed by atoms with Gasteiger partial charge in [0.1, 0.15) is 10.7 Å². The van der Waals surface area contributed by atoms with Crippen molar-refractivity contribution < 1.29 is 4.74 Å². The zero-order valence-corrected chi connectivity index (χ0v) is 13.0. The molecule has 1 saturated heterocycles. The second kappa shape index (κ2) is 6.65. The molecule has 0 radical (unpaired) electrons. The van der Waals surface area contributed by atoms with E-state index < -0.39 is 0 Å². The van der Waals surface area contributed by atoms with Gasteiger partial charge >= 0.3 is 0 Å². The topological polar surface area (TPSA) is 76.3 Å². The number of nitrogens with two attached hydrogens (primary N) is 1. The van der Waals surface area contributed by atoms with E-state index in [1.54, 1.807) is 11.3 Å². The molecule has 7 heteroatoms. The number of aromatic nitrogens is 2. The molecule has 3 rings (SSSR count). The fraction of sp³-hybridized carbons (Fsp3) is 0.571. The van der Waals surface area contributed by atoms with Crippen LogP contribution in [0.3, 0.4) is 0 Å². The minimum Gasteiger partial charge on any atom is -0.381 e. The number of fused-ring (bicyclic) bond motifs is 1. The third-order valence-corrected chi connectivity index (χ3v) is 4.55. The van der Waals surface area contributed by atoms with Gasteiger partial charge in [-0.1, -0.05) is 0 Å². The summed E-state index contributed by atoms with van der Waals surface area (Å²) in [6.45, 7) is 3.50. The number of ether oxygens (including phenoxy) is 1. The molecular weight excluding hydrogens is 286 g/mol. The van der Waals surface area contributed by atoms with Gasteiger partial charge < -0.3 is 10.2 Å². The molecular formula is C14H21N5OS. The van der Waals surface area contributed by atoms with E-state index in [2.05, 4.69) is 27.3 Å². The monoisotopic (exact) mass is 307 g/mol. The molecule has 3 N–H and O–H groups in total. The molecule has 2 aromatic rings. The lowest BCUT2D eigenvalue weighted by Gasteiger charge is -2.26. The highest BCUT2D eigenvalue weighted by molar-refractivity contribution is 7.16. The largest absolute Gasteiger partial charge is 0.381 e. The van der Waals surface area contributed by atoms with Crippen molar-refractivity contribution in [2.45, 2.75) is 19.4 Å². The molecule has 21 heavy (non-hydrogen) atoms. The Bertz CT molecular complexity index is 596. The van der Waals surface area contributed by atoms with Gasteiger partial charge in [0.2, 0.25) is 0 Å². The molecule has 1 unspecified atom stereocenters. The van der Waals surface area contributed by atoms with Crippen LogP contribution in [0.1, 0.15) is 18.7 Å². The predicted molar refractivity (Wildman–Crippen MR) is 85.1 cm³/mol. The fourth-order valence-electron chi connectivity index (χ4n) is 2.78. The van der Waals surface area contributed by atoms with E-state index in [-0.39, 0.29) is 0 Å². The SMILES string of the molecule is CN(Cc1nc(NN)c2ccsc2n1)CC1CCCOC1. The average molecular weight is 307 g/mol. The second-order valence-electron chi connectivity index (χ2n) is 5.55. The molecule has 0 amide bonds. The van der Waals surface area contributed by atoms with E-state index in [1.807, 2.05) is 11.4 Å². The van der Waals surface area contributed by atoms with Crippen LogP contribution in [0.5, 0.6) is 0 Å². The molecule has 6 nitrogen and oxygen atoms in total. The van der Waals surface area contributed by atoms with E-state index in [9.17, 15) is 0 Å². The van der Waals surface area contributed by atoms with E-state index in [1.165, 1.54) is 6.42 Å². The number of nitrogens with one attached hydrogen (secondary N) is 1. The maximum Gasteiger partial charge on any atom is 0.152 e. The smallest absolute Gasteiger partial charge is 0.152 e. The lowest BCUT2D eigenvalue weighted by Crippen LogP contribution is -2.31. The van der Waals surface area contributed by atoms with Crippen LogP contribution < -0.4 is 11.3 Å². The Morgan fingerprint density at radius 3 is 3.19 bits per heavy atom.